The summed E-state index contributed by atoms with van der Waals surface area (Å²) in [4.78, 5) is 10.8. The molecule has 20 heavy (non-hydrogen) atoms. The average molecular weight is 270 g/mol. The maximum Gasteiger partial charge on any atom is 0.295 e. The second kappa shape index (κ2) is 6.19. The Kier molecular flexibility index (Phi) is 4.35. The zero-order chi connectivity index (χ0) is 14.5. The van der Waals surface area contributed by atoms with Crippen molar-refractivity contribution < 1.29 is 4.92 Å². The third-order valence-corrected chi connectivity index (χ3v) is 3.39. The highest BCUT2D eigenvalue weighted by molar-refractivity contribution is 5.65. The number of nitro groups is 1. The minimum Gasteiger partial charge on any atom is -0.379 e. The van der Waals surface area contributed by atoms with Gasteiger partial charge in [0.15, 0.2) is 0 Å². The number of benzene rings is 2. The number of hydrogen-bond donors (Lipinski definition) is 1. The lowest BCUT2D eigenvalue weighted by atomic mass is 10.1. The van der Waals surface area contributed by atoms with E-state index in [1.54, 1.807) is 19.1 Å². The van der Waals surface area contributed by atoms with Gasteiger partial charge in [0, 0.05) is 12.1 Å². The van der Waals surface area contributed by atoms with Crippen LogP contribution in [0.4, 0.5) is 11.4 Å². The predicted octanol–water partition coefficient (Wildman–Crippen LogP) is 3.87. The summed E-state index contributed by atoms with van der Waals surface area (Å²) >= 11 is 0. The first-order valence-electron chi connectivity index (χ1n) is 6.62. The quantitative estimate of drug-likeness (QED) is 0.663. The third-order valence-electron chi connectivity index (χ3n) is 3.39. The number of rotatable bonds is 5. The van der Waals surface area contributed by atoms with E-state index in [9.17, 15) is 10.1 Å². The SMILES string of the molecule is Cc1ccccc1CCNc1cccc(C)c1[N+](=O)[O-]. The van der Waals surface area contributed by atoms with E-state index < -0.39 is 0 Å². The lowest BCUT2D eigenvalue weighted by Gasteiger charge is -2.09. The molecule has 0 fully saturated rings. The molecule has 0 spiro atoms. The molecule has 0 bridgehead atoms. The smallest absolute Gasteiger partial charge is 0.295 e. The number of para-hydroxylation sites is 1. The highest BCUT2D eigenvalue weighted by Gasteiger charge is 2.16. The van der Waals surface area contributed by atoms with Gasteiger partial charge in [0.05, 0.1) is 4.92 Å². The van der Waals surface area contributed by atoms with Gasteiger partial charge in [0.1, 0.15) is 5.69 Å². The normalized spacial score (nSPS) is 10.3. The van der Waals surface area contributed by atoms with Crippen LogP contribution in [0.5, 0.6) is 0 Å². The molecular weight excluding hydrogens is 252 g/mol. The molecule has 0 saturated carbocycles. The van der Waals surface area contributed by atoms with Gasteiger partial charge in [-0.1, -0.05) is 36.4 Å². The minimum atomic E-state index is -0.328. The third kappa shape index (κ3) is 3.15. The van der Waals surface area contributed by atoms with Crippen LogP contribution in [0, 0.1) is 24.0 Å². The Bertz CT molecular complexity index is 624. The van der Waals surface area contributed by atoms with Crippen LogP contribution in [0.2, 0.25) is 0 Å². The number of hydrogen-bond acceptors (Lipinski definition) is 3. The first-order chi connectivity index (χ1) is 9.59. The number of nitro benzene ring substituents is 1. The van der Waals surface area contributed by atoms with Gasteiger partial charge in [-0.15, -0.1) is 0 Å². The van der Waals surface area contributed by atoms with E-state index in [1.807, 2.05) is 18.2 Å². The molecule has 0 aromatic heterocycles. The van der Waals surface area contributed by atoms with Crippen LogP contribution in [0.15, 0.2) is 42.5 Å². The molecule has 0 amide bonds. The van der Waals surface area contributed by atoms with Gasteiger partial charge in [-0.25, -0.2) is 0 Å². The van der Waals surface area contributed by atoms with Crippen LogP contribution >= 0.6 is 0 Å². The van der Waals surface area contributed by atoms with Gasteiger partial charge in [-0.2, -0.15) is 0 Å². The van der Waals surface area contributed by atoms with Crippen molar-refractivity contribution in [2.45, 2.75) is 20.3 Å². The van der Waals surface area contributed by atoms with E-state index in [4.69, 9.17) is 0 Å². The molecule has 0 atom stereocenters. The van der Waals surface area contributed by atoms with Crippen molar-refractivity contribution >= 4 is 11.4 Å². The minimum absolute atomic E-state index is 0.164. The monoisotopic (exact) mass is 270 g/mol. The first kappa shape index (κ1) is 14.1. The summed E-state index contributed by atoms with van der Waals surface area (Å²) in [5.41, 5.74) is 3.93. The number of nitrogens with zero attached hydrogens (tertiary/aromatic N) is 1. The molecule has 0 heterocycles. The van der Waals surface area contributed by atoms with Crippen molar-refractivity contribution in [2.24, 2.45) is 0 Å². The first-order valence-corrected chi connectivity index (χ1v) is 6.62. The zero-order valence-electron chi connectivity index (χ0n) is 11.7. The van der Waals surface area contributed by atoms with E-state index in [2.05, 4.69) is 24.4 Å². The fraction of sp³-hybridized carbons (Fsp3) is 0.250. The van der Waals surface area contributed by atoms with Crippen LogP contribution in [0.3, 0.4) is 0 Å². The second-order valence-electron chi connectivity index (χ2n) is 4.83. The molecule has 0 aliphatic carbocycles. The lowest BCUT2D eigenvalue weighted by molar-refractivity contribution is -0.384. The number of anilines is 1. The van der Waals surface area contributed by atoms with E-state index >= 15 is 0 Å². The summed E-state index contributed by atoms with van der Waals surface area (Å²) in [5, 5.41) is 14.3. The largest absolute Gasteiger partial charge is 0.379 e. The summed E-state index contributed by atoms with van der Waals surface area (Å²) < 4.78 is 0. The molecule has 0 radical (unpaired) electrons. The Morgan fingerprint density at radius 3 is 2.45 bits per heavy atom. The van der Waals surface area contributed by atoms with E-state index in [0.717, 1.165) is 6.42 Å². The molecule has 0 aliphatic rings. The molecule has 2 aromatic carbocycles. The molecule has 0 saturated heterocycles. The van der Waals surface area contributed by atoms with E-state index in [1.165, 1.54) is 11.1 Å². The van der Waals surface area contributed by atoms with Crippen LogP contribution < -0.4 is 5.32 Å². The Morgan fingerprint density at radius 1 is 1.05 bits per heavy atom. The van der Waals surface area contributed by atoms with Crippen LogP contribution in [-0.2, 0) is 6.42 Å². The molecule has 4 nitrogen and oxygen atoms in total. The Balaban J connectivity index is 2.07. The van der Waals surface area contributed by atoms with Crippen molar-refractivity contribution in [1.29, 1.82) is 0 Å². The van der Waals surface area contributed by atoms with Crippen molar-refractivity contribution in [2.75, 3.05) is 11.9 Å². The average Bonchev–Trinajstić information content (AvgIpc) is 2.40. The maximum atomic E-state index is 11.1. The van der Waals surface area contributed by atoms with Gasteiger partial charge in [0.25, 0.3) is 5.69 Å². The summed E-state index contributed by atoms with van der Waals surface area (Å²) in [7, 11) is 0. The standard InChI is InChI=1S/C16H18N2O2/c1-12-6-3-4-8-14(12)10-11-17-15-9-5-7-13(2)16(15)18(19)20/h3-9,17H,10-11H2,1-2H3. The fourth-order valence-corrected chi connectivity index (χ4v) is 2.27. The Labute approximate surface area is 118 Å². The van der Waals surface area contributed by atoms with Crippen molar-refractivity contribution in [3.05, 3.63) is 69.3 Å². The van der Waals surface area contributed by atoms with Gasteiger partial charge in [-0.3, -0.25) is 10.1 Å². The van der Waals surface area contributed by atoms with Gasteiger partial charge >= 0.3 is 0 Å². The van der Waals surface area contributed by atoms with Gasteiger partial charge < -0.3 is 5.32 Å². The topological polar surface area (TPSA) is 55.2 Å². The van der Waals surface area contributed by atoms with Crippen LogP contribution in [0.25, 0.3) is 0 Å². The molecular formula is C16H18N2O2. The summed E-state index contributed by atoms with van der Waals surface area (Å²) in [6.45, 7) is 4.50. The Hall–Kier alpha value is -2.36. The molecule has 2 aromatic rings. The second-order valence-corrected chi connectivity index (χ2v) is 4.83. The maximum absolute atomic E-state index is 11.1. The molecule has 104 valence electrons. The zero-order valence-corrected chi connectivity index (χ0v) is 11.7. The summed E-state index contributed by atoms with van der Waals surface area (Å²) in [5.74, 6) is 0. The van der Waals surface area contributed by atoms with Gasteiger partial charge in [0.2, 0.25) is 0 Å². The fourth-order valence-electron chi connectivity index (χ4n) is 2.27. The molecule has 0 aliphatic heterocycles. The van der Waals surface area contributed by atoms with Crippen molar-refractivity contribution in [1.82, 2.24) is 0 Å². The van der Waals surface area contributed by atoms with Gasteiger partial charge in [-0.05, 0) is 37.5 Å². The molecule has 1 N–H and O–H groups in total. The molecule has 4 heteroatoms. The van der Waals surface area contributed by atoms with Crippen molar-refractivity contribution in [3.63, 3.8) is 0 Å². The lowest BCUT2D eigenvalue weighted by Crippen LogP contribution is -2.08. The number of nitrogens with one attached hydrogen (secondary N) is 1. The highest BCUT2D eigenvalue weighted by Crippen LogP contribution is 2.27. The Morgan fingerprint density at radius 2 is 1.75 bits per heavy atom. The van der Waals surface area contributed by atoms with Crippen LogP contribution in [0.1, 0.15) is 16.7 Å². The highest BCUT2D eigenvalue weighted by atomic mass is 16.6. The van der Waals surface area contributed by atoms with Crippen molar-refractivity contribution in [3.8, 4) is 0 Å². The van der Waals surface area contributed by atoms with Crippen LogP contribution in [-0.4, -0.2) is 11.5 Å². The predicted molar refractivity (Wildman–Crippen MR) is 81.2 cm³/mol. The molecule has 0 unspecified atom stereocenters. The summed E-state index contributed by atoms with van der Waals surface area (Å²) in [6.07, 6.45) is 0.845. The van der Waals surface area contributed by atoms with E-state index in [-0.39, 0.29) is 10.6 Å². The van der Waals surface area contributed by atoms with E-state index in [0.29, 0.717) is 17.8 Å². The number of aryl methyl sites for hydroxylation is 2. The summed E-state index contributed by atoms with van der Waals surface area (Å²) in [6, 6.07) is 13.5. The molecule has 2 rings (SSSR count).